The Labute approximate surface area is 176 Å². The summed E-state index contributed by atoms with van der Waals surface area (Å²) in [5.74, 6) is 1.26. The number of nitrogens with zero attached hydrogens (tertiary/aromatic N) is 1. The van der Waals surface area contributed by atoms with Crippen molar-refractivity contribution in [3.63, 3.8) is 0 Å². The summed E-state index contributed by atoms with van der Waals surface area (Å²) in [6, 6.07) is 9.30. The van der Waals surface area contributed by atoms with Crippen LogP contribution in [0.1, 0.15) is 27.9 Å². The standard InChI is InChI=1S/C22H27ClN4O2/c1-2-7-29-20-9-17(13-25-12-16-5-6-24-11-16)8-18(10-20)14-27-22(28)19-3-4-21(23)26-15-19/h2-4,8-10,15-16,24-25H,1,5-7,11-14H2,(H,27,28). The third-order valence-electron chi connectivity index (χ3n) is 4.76. The van der Waals surface area contributed by atoms with Crippen molar-refractivity contribution >= 4 is 17.5 Å². The normalized spacial score (nSPS) is 15.8. The lowest BCUT2D eigenvalue weighted by atomic mass is 10.1. The van der Waals surface area contributed by atoms with Crippen LogP contribution in [-0.4, -0.2) is 37.1 Å². The van der Waals surface area contributed by atoms with E-state index >= 15 is 0 Å². The van der Waals surface area contributed by atoms with Gasteiger partial charge in [0.15, 0.2) is 0 Å². The first-order valence-electron chi connectivity index (χ1n) is 9.82. The molecule has 0 bridgehead atoms. The molecule has 1 aromatic heterocycles. The number of aromatic nitrogens is 1. The molecule has 2 aromatic rings. The largest absolute Gasteiger partial charge is 0.490 e. The second-order valence-electron chi connectivity index (χ2n) is 7.13. The van der Waals surface area contributed by atoms with Crippen molar-refractivity contribution in [3.8, 4) is 5.75 Å². The Kier molecular flexibility index (Phi) is 8.04. The van der Waals surface area contributed by atoms with E-state index in [1.807, 2.05) is 12.1 Å². The van der Waals surface area contributed by atoms with E-state index < -0.39 is 0 Å². The van der Waals surface area contributed by atoms with E-state index in [1.165, 1.54) is 12.6 Å². The zero-order valence-electron chi connectivity index (χ0n) is 16.4. The maximum Gasteiger partial charge on any atom is 0.253 e. The van der Waals surface area contributed by atoms with E-state index in [-0.39, 0.29) is 5.91 Å². The number of benzene rings is 1. The minimum Gasteiger partial charge on any atom is -0.490 e. The monoisotopic (exact) mass is 414 g/mol. The molecular formula is C22H27ClN4O2. The lowest BCUT2D eigenvalue weighted by Crippen LogP contribution is -2.24. The van der Waals surface area contributed by atoms with Crippen LogP contribution in [0.3, 0.4) is 0 Å². The Morgan fingerprint density at radius 2 is 2.14 bits per heavy atom. The van der Waals surface area contributed by atoms with Crippen LogP contribution in [-0.2, 0) is 13.1 Å². The summed E-state index contributed by atoms with van der Waals surface area (Å²) in [6.45, 7) is 8.45. The summed E-state index contributed by atoms with van der Waals surface area (Å²) >= 11 is 5.78. The van der Waals surface area contributed by atoms with Crippen LogP contribution < -0.4 is 20.7 Å². The number of amides is 1. The summed E-state index contributed by atoms with van der Waals surface area (Å²) in [5.41, 5.74) is 2.57. The second-order valence-corrected chi connectivity index (χ2v) is 7.51. The Morgan fingerprint density at radius 3 is 2.83 bits per heavy atom. The van der Waals surface area contributed by atoms with E-state index in [1.54, 1.807) is 18.2 Å². The molecule has 1 aliphatic rings. The molecule has 1 atom stereocenters. The first-order chi connectivity index (χ1) is 14.1. The molecule has 1 aliphatic heterocycles. The predicted octanol–water partition coefficient (Wildman–Crippen LogP) is 2.93. The Balaban J connectivity index is 1.61. The van der Waals surface area contributed by atoms with E-state index in [4.69, 9.17) is 16.3 Å². The highest BCUT2D eigenvalue weighted by molar-refractivity contribution is 6.29. The number of rotatable bonds is 10. The van der Waals surface area contributed by atoms with Gasteiger partial charge in [-0.05, 0) is 67.4 Å². The number of ether oxygens (including phenoxy) is 1. The van der Waals surface area contributed by atoms with Gasteiger partial charge in [-0.25, -0.2) is 4.98 Å². The minimum atomic E-state index is -0.194. The molecule has 1 fully saturated rings. The van der Waals surface area contributed by atoms with E-state index in [0.717, 1.165) is 43.1 Å². The average Bonchev–Trinajstić information content (AvgIpc) is 3.24. The van der Waals surface area contributed by atoms with E-state index in [0.29, 0.717) is 29.8 Å². The number of carbonyl (C=O) groups is 1. The van der Waals surface area contributed by atoms with E-state index in [2.05, 4.69) is 33.6 Å². The SMILES string of the molecule is C=CCOc1cc(CNCC2CCNC2)cc(CNC(=O)c2ccc(Cl)nc2)c1. The van der Waals surface area contributed by atoms with Crippen LogP contribution in [0.2, 0.25) is 5.15 Å². The van der Waals surface area contributed by atoms with Crippen LogP contribution in [0.25, 0.3) is 0 Å². The van der Waals surface area contributed by atoms with Crippen molar-refractivity contribution in [2.75, 3.05) is 26.2 Å². The smallest absolute Gasteiger partial charge is 0.253 e. The van der Waals surface area contributed by atoms with Gasteiger partial charge >= 0.3 is 0 Å². The lowest BCUT2D eigenvalue weighted by Gasteiger charge is -2.13. The highest BCUT2D eigenvalue weighted by Gasteiger charge is 2.13. The number of carbonyl (C=O) groups excluding carboxylic acids is 1. The van der Waals surface area contributed by atoms with Crippen LogP contribution in [0.4, 0.5) is 0 Å². The summed E-state index contributed by atoms with van der Waals surface area (Å²) in [4.78, 5) is 16.3. The fourth-order valence-electron chi connectivity index (χ4n) is 3.28. The number of nitrogens with one attached hydrogen (secondary N) is 3. The molecule has 0 aliphatic carbocycles. The quantitative estimate of drug-likeness (QED) is 0.411. The van der Waals surface area contributed by atoms with Crippen LogP contribution in [0, 0.1) is 5.92 Å². The van der Waals surface area contributed by atoms with E-state index in [9.17, 15) is 4.79 Å². The van der Waals surface area contributed by atoms with Gasteiger partial charge in [-0.1, -0.05) is 30.3 Å². The van der Waals surface area contributed by atoms with Gasteiger partial charge in [0.1, 0.15) is 17.5 Å². The number of halogens is 1. The Bertz CT molecular complexity index is 820. The predicted molar refractivity (Wildman–Crippen MR) is 115 cm³/mol. The molecule has 1 unspecified atom stereocenters. The third-order valence-corrected chi connectivity index (χ3v) is 4.98. The highest BCUT2D eigenvalue weighted by Crippen LogP contribution is 2.18. The fourth-order valence-corrected chi connectivity index (χ4v) is 3.39. The average molecular weight is 415 g/mol. The first kappa shape index (κ1) is 21.3. The summed E-state index contributed by atoms with van der Waals surface area (Å²) in [5, 5.41) is 10.2. The first-order valence-corrected chi connectivity index (χ1v) is 10.2. The van der Waals surface area contributed by atoms with Crippen LogP contribution in [0.5, 0.6) is 5.75 Å². The zero-order valence-corrected chi connectivity index (χ0v) is 17.2. The third kappa shape index (κ3) is 6.85. The molecule has 3 rings (SSSR count). The Hall–Kier alpha value is -2.41. The minimum absolute atomic E-state index is 0.194. The molecule has 1 aromatic carbocycles. The highest BCUT2D eigenvalue weighted by atomic mass is 35.5. The van der Waals surface area contributed by atoms with Crippen molar-refractivity contribution in [3.05, 3.63) is 71.0 Å². The molecule has 29 heavy (non-hydrogen) atoms. The van der Waals surface area contributed by atoms with Gasteiger partial charge in [0.2, 0.25) is 0 Å². The molecule has 3 N–H and O–H groups in total. The fraction of sp³-hybridized carbons (Fsp3) is 0.364. The summed E-state index contributed by atoms with van der Waals surface area (Å²) in [6.07, 6.45) is 4.40. The van der Waals surface area contributed by atoms with Crippen molar-refractivity contribution in [1.29, 1.82) is 0 Å². The van der Waals surface area contributed by atoms with Crippen molar-refractivity contribution in [2.24, 2.45) is 5.92 Å². The maximum absolute atomic E-state index is 12.3. The van der Waals surface area contributed by atoms with Gasteiger partial charge in [0, 0.05) is 19.3 Å². The summed E-state index contributed by atoms with van der Waals surface area (Å²) < 4.78 is 5.73. The molecule has 0 spiro atoms. The molecule has 154 valence electrons. The number of pyridine rings is 1. The maximum atomic E-state index is 12.3. The van der Waals surface area contributed by atoms with Gasteiger partial charge in [0.05, 0.1) is 5.56 Å². The lowest BCUT2D eigenvalue weighted by molar-refractivity contribution is 0.0950. The van der Waals surface area contributed by atoms with Gasteiger partial charge in [-0.15, -0.1) is 0 Å². The number of hydrogen-bond acceptors (Lipinski definition) is 5. The van der Waals surface area contributed by atoms with Crippen LogP contribution >= 0.6 is 11.6 Å². The molecule has 2 heterocycles. The molecule has 0 saturated carbocycles. The van der Waals surface area contributed by atoms with Gasteiger partial charge < -0.3 is 20.7 Å². The van der Waals surface area contributed by atoms with Gasteiger partial charge in [-0.2, -0.15) is 0 Å². The zero-order chi connectivity index (χ0) is 20.5. The topological polar surface area (TPSA) is 75.3 Å². The molecule has 1 amide bonds. The second kappa shape index (κ2) is 11.0. The summed E-state index contributed by atoms with van der Waals surface area (Å²) in [7, 11) is 0. The van der Waals surface area contributed by atoms with Gasteiger partial charge in [0.25, 0.3) is 5.91 Å². The van der Waals surface area contributed by atoms with Gasteiger partial charge in [-0.3, -0.25) is 4.79 Å². The van der Waals surface area contributed by atoms with Crippen molar-refractivity contribution in [1.82, 2.24) is 20.9 Å². The molecule has 1 saturated heterocycles. The van der Waals surface area contributed by atoms with Crippen molar-refractivity contribution in [2.45, 2.75) is 19.5 Å². The van der Waals surface area contributed by atoms with Crippen molar-refractivity contribution < 1.29 is 9.53 Å². The number of hydrogen-bond donors (Lipinski definition) is 3. The molecular weight excluding hydrogens is 388 g/mol. The molecule has 7 heteroatoms. The Morgan fingerprint density at radius 1 is 1.31 bits per heavy atom. The molecule has 6 nitrogen and oxygen atoms in total. The van der Waals surface area contributed by atoms with Crippen LogP contribution in [0.15, 0.2) is 49.2 Å². The molecule has 0 radical (unpaired) electrons.